The number of aryl methyl sites for hydroxylation is 1. The highest BCUT2D eigenvalue weighted by molar-refractivity contribution is 5.00. The van der Waals surface area contributed by atoms with Gasteiger partial charge < -0.3 is 10.5 Å². The van der Waals surface area contributed by atoms with Gasteiger partial charge in [-0.05, 0) is 12.8 Å². The Morgan fingerprint density at radius 1 is 1.44 bits per heavy atom. The Hall–Kier alpha value is -0.940. The normalized spacial score (nSPS) is 13.4. The van der Waals surface area contributed by atoms with Crippen molar-refractivity contribution in [1.82, 2.24) is 14.8 Å². The largest absolute Gasteiger partial charge is 0.385 e. The van der Waals surface area contributed by atoms with E-state index < -0.39 is 0 Å². The number of rotatable bonds is 6. The lowest BCUT2D eigenvalue weighted by Gasteiger charge is -2.09. The molecule has 1 aromatic rings. The zero-order chi connectivity index (χ0) is 12.1. The van der Waals surface area contributed by atoms with Crippen molar-refractivity contribution >= 4 is 0 Å². The summed E-state index contributed by atoms with van der Waals surface area (Å²) in [5.74, 6) is 2.06. The van der Waals surface area contributed by atoms with E-state index in [2.05, 4.69) is 23.9 Å². The topological polar surface area (TPSA) is 66.0 Å². The lowest BCUT2D eigenvalue weighted by Crippen LogP contribution is -2.16. The fraction of sp³-hybridized carbons (Fsp3) is 0.818. The Morgan fingerprint density at radius 2 is 2.12 bits per heavy atom. The molecular formula is C11H22N4O. The van der Waals surface area contributed by atoms with Crippen molar-refractivity contribution in [3.63, 3.8) is 0 Å². The summed E-state index contributed by atoms with van der Waals surface area (Å²) in [6.45, 7) is 4.90. The second-order valence-electron chi connectivity index (χ2n) is 4.35. The SMILES string of the molecule is COCCCC(N)c1nc(C(C)C)nn1C. The Morgan fingerprint density at radius 3 is 2.62 bits per heavy atom. The molecule has 92 valence electrons. The Balaban J connectivity index is 2.64. The molecule has 1 unspecified atom stereocenters. The summed E-state index contributed by atoms with van der Waals surface area (Å²) in [6.07, 6.45) is 1.82. The van der Waals surface area contributed by atoms with Gasteiger partial charge in [-0.1, -0.05) is 13.8 Å². The van der Waals surface area contributed by atoms with E-state index in [1.165, 1.54) is 0 Å². The van der Waals surface area contributed by atoms with Gasteiger partial charge in [0.2, 0.25) is 0 Å². The molecule has 16 heavy (non-hydrogen) atoms. The fourth-order valence-corrected chi connectivity index (χ4v) is 1.56. The summed E-state index contributed by atoms with van der Waals surface area (Å²) in [6, 6.07) is -0.0554. The van der Waals surface area contributed by atoms with E-state index in [1.807, 2.05) is 7.05 Å². The molecule has 0 aliphatic rings. The van der Waals surface area contributed by atoms with Crippen LogP contribution in [-0.2, 0) is 11.8 Å². The van der Waals surface area contributed by atoms with Crippen molar-refractivity contribution in [2.24, 2.45) is 12.8 Å². The van der Waals surface area contributed by atoms with E-state index in [-0.39, 0.29) is 6.04 Å². The van der Waals surface area contributed by atoms with Gasteiger partial charge >= 0.3 is 0 Å². The molecule has 0 fully saturated rings. The minimum Gasteiger partial charge on any atom is -0.385 e. The predicted octanol–water partition coefficient (Wildman–Crippen LogP) is 1.36. The predicted molar refractivity (Wildman–Crippen MR) is 63.1 cm³/mol. The third kappa shape index (κ3) is 3.28. The molecule has 0 aliphatic heterocycles. The minimum atomic E-state index is -0.0554. The molecule has 0 saturated heterocycles. The fourth-order valence-electron chi connectivity index (χ4n) is 1.56. The van der Waals surface area contributed by atoms with Crippen molar-refractivity contribution < 1.29 is 4.74 Å². The van der Waals surface area contributed by atoms with Crippen molar-refractivity contribution in [1.29, 1.82) is 0 Å². The second-order valence-corrected chi connectivity index (χ2v) is 4.35. The standard InChI is InChI=1S/C11H22N4O/c1-8(2)10-13-11(15(3)14-10)9(12)6-5-7-16-4/h8-9H,5-7,12H2,1-4H3. The summed E-state index contributed by atoms with van der Waals surface area (Å²) in [7, 11) is 3.59. The number of aromatic nitrogens is 3. The van der Waals surface area contributed by atoms with Gasteiger partial charge in [0, 0.05) is 26.7 Å². The van der Waals surface area contributed by atoms with Crippen LogP contribution in [-0.4, -0.2) is 28.5 Å². The van der Waals surface area contributed by atoms with Crippen LogP contribution >= 0.6 is 0 Å². The lowest BCUT2D eigenvalue weighted by atomic mass is 10.1. The minimum absolute atomic E-state index is 0.0554. The summed E-state index contributed by atoms with van der Waals surface area (Å²) < 4.78 is 6.79. The third-order valence-corrected chi connectivity index (χ3v) is 2.52. The molecule has 1 atom stereocenters. The van der Waals surface area contributed by atoms with Crippen molar-refractivity contribution in [3.8, 4) is 0 Å². The van der Waals surface area contributed by atoms with E-state index in [4.69, 9.17) is 10.5 Å². The van der Waals surface area contributed by atoms with E-state index in [9.17, 15) is 0 Å². The highest BCUT2D eigenvalue weighted by Gasteiger charge is 2.15. The van der Waals surface area contributed by atoms with Crippen molar-refractivity contribution in [2.75, 3.05) is 13.7 Å². The van der Waals surface area contributed by atoms with Gasteiger partial charge in [-0.3, -0.25) is 4.68 Å². The molecule has 1 heterocycles. The Bertz CT molecular complexity index is 322. The van der Waals surface area contributed by atoms with E-state index in [1.54, 1.807) is 11.8 Å². The summed E-state index contributed by atoms with van der Waals surface area (Å²) in [4.78, 5) is 4.47. The summed E-state index contributed by atoms with van der Waals surface area (Å²) in [5.41, 5.74) is 6.07. The van der Waals surface area contributed by atoms with Gasteiger partial charge in [-0.2, -0.15) is 5.10 Å². The first kappa shape index (κ1) is 13.1. The first-order valence-corrected chi connectivity index (χ1v) is 5.71. The van der Waals surface area contributed by atoms with Crippen molar-refractivity contribution in [3.05, 3.63) is 11.6 Å². The summed E-state index contributed by atoms with van der Waals surface area (Å²) in [5, 5.41) is 4.35. The van der Waals surface area contributed by atoms with Crippen LogP contribution in [0.4, 0.5) is 0 Å². The van der Waals surface area contributed by atoms with Gasteiger partial charge in [0.15, 0.2) is 5.82 Å². The van der Waals surface area contributed by atoms with Crippen LogP contribution in [0.1, 0.15) is 50.3 Å². The average Bonchev–Trinajstić information content (AvgIpc) is 2.61. The number of ether oxygens (including phenoxy) is 1. The zero-order valence-electron chi connectivity index (χ0n) is 10.6. The van der Waals surface area contributed by atoms with Gasteiger partial charge in [-0.15, -0.1) is 0 Å². The highest BCUT2D eigenvalue weighted by Crippen LogP contribution is 2.16. The molecular weight excluding hydrogens is 204 g/mol. The molecule has 1 aromatic heterocycles. The molecule has 0 aromatic carbocycles. The van der Waals surface area contributed by atoms with Gasteiger partial charge in [0.1, 0.15) is 5.82 Å². The molecule has 0 aliphatic carbocycles. The summed E-state index contributed by atoms with van der Waals surface area (Å²) >= 11 is 0. The van der Waals surface area contributed by atoms with Gasteiger partial charge in [0.25, 0.3) is 0 Å². The van der Waals surface area contributed by atoms with Crippen LogP contribution in [0.3, 0.4) is 0 Å². The molecule has 2 N–H and O–H groups in total. The van der Waals surface area contributed by atoms with Gasteiger partial charge in [0.05, 0.1) is 6.04 Å². The van der Waals surface area contributed by atoms with Crippen LogP contribution < -0.4 is 5.73 Å². The molecule has 0 saturated carbocycles. The maximum Gasteiger partial charge on any atom is 0.153 e. The molecule has 5 nitrogen and oxygen atoms in total. The smallest absolute Gasteiger partial charge is 0.153 e. The number of hydrogen-bond donors (Lipinski definition) is 1. The van der Waals surface area contributed by atoms with Crippen LogP contribution in [0.2, 0.25) is 0 Å². The first-order valence-electron chi connectivity index (χ1n) is 5.71. The third-order valence-electron chi connectivity index (χ3n) is 2.52. The zero-order valence-corrected chi connectivity index (χ0v) is 10.6. The van der Waals surface area contributed by atoms with E-state index in [0.717, 1.165) is 31.1 Å². The maximum atomic E-state index is 6.07. The molecule has 1 rings (SSSR count). The van der Waals surface area contributed by atoms with E-state index in [0.29, 0.717) is 5.92 Å². The van der Waals surface area contributed by atoms with E-state index >= 15 is 0 Å². The molecule has 0 bridgehead atoms. The van der Waals surface area contributed by atoms with Crippen molar-refractivity contribution in [2.45, 2.75) is 38.6 Å². The molecule has 0 radical (unpaired) electrons. The number of hydrogen-bond acceptors (Lipinski definition) is 4. The molecule has 5 heteroatoms. The quantitative estimate of drug-likeness (QED) is 0.744. The van der Waals surface area contributed by atoms with Crippen LogP contribution in [0.25, 0.3) is 0 Å². The number of nitrogens with zero attached hydrogens (tertiary/aromatic N) is 3. The number of methoxy groups -OCH3 is 1. The first-order chi connectivity index (χ1) is 7.56. The average molecular weight is 226 g/mol. The van der Waals surface area contributed by atoms with Crippen LogP contribution in [0.5, 0.6) is 0 Å². The number of nitrogens with two attached hydrogens (primary N) is 1. The highest BCUT2D eigenvalue weighted by atomic mass is 16.5. The second kappa shape index (κ2) is 5.96. The Labute approximate surface area is 97.0 Å². The lowest BCUT2D eigenvalue weighted by molar-refractivity contribution is 0.190. The maximum absolute atomic E-state index is 6.07. The Kier molecular flexibility index (Phi) is 4.89. The monoisotopic (exact) mass is 226 g/mol. The molecule has 0 amide bonds. The molecule has 0 spiro atoms. The van der Waals surface area contributed by atoms with Crippen LogP contribution in [0, 0.1) is 0 Å². The van der Waals surface area contributed by atoms with Crippen LogP contribution in [0.15, 0.2) is 0 Å². The van der Waals surface area contributed by atoms with Gasteiger partial charge in [-0.25, -0.2) is 4.98 Å².